The SMILES string of the molecule is Cc1nn(-c2ccccc2Br)c2[nH]ncc(=O)c12. The third-order valence-electron chi connectivity index (χ3n) is 2.74. The van der Waals surface area contributed by atoms with Gasteiger partial charge in [-0.25, -0.2) is 4.68 Å². The second-order valence-corrected chi connectivity index (χ2v) is 4.76. The predicted molar refractivity (Wildman–Crippen MR) is 71.9 cm³/mol. The van der Waals surface area contributed by atoms with E-state index in [0.29, 0.717) is 16.7 Å². The molecule has 3 aromatic rings. The Balaban J connectivity index is 2.42. The van der Waals surface area contributed by atoms with Crippen LogP contribution in [0.3, 0.4) is 0 Å². The van der Waals surface area contributed by atoms with E-state index in [0.717, 1.165) is 10.2 Å². The fourth-order valence-electron chi connectivity index (χ4n) is 1.94. The molecule has 6 heteroatoms. The van der Waals surface area contributed by atoms with Crippen molar-refractivity contribution in [1.82, 2.24) is 20.0 Å². The van der Waals surface area contributed by atoms with E-state index in [9.17, 15) is 4.79 Å². The van der Waals surface area contributed by atoms with Crippen LogP contribution < -0.4 is 5.43 Å². The molecule has 18 heavy (non-hydrogen) atoms. The van der Waals surface area contributed by atoms with Crippen molar-refractivity contribution in [3.8, 4) is 5.69 Å². The molecule has 0 bridgehead atoms. The smallest absolute Gasteiger partial charge is 0.211 e. The quantitative estimate of drug-likeness (QED) is 0.749. The summed E-state index contributed by atoms with van der Waals surface area (Å²) in [5, 5.41) is 11.6. The molecule has 1 N–H and O–H groups in total. The molecular weight excluding hydrogens is 296 g/mol. The molecule has 3 rings (SSSR count). The van der Waals surface area contributed by atoms with Crippen molar-refractivity contribution in [3.63, 3.8) is 0 Å². The highest BCUT2D eigenvalue weighted by Gasteiger charge is 2.13. The molecular formula is C12H9BrN4O. The van der Waals surface area contributed by atoms with E-state index in [1.165, 1.54) is 6.20 Å². The van der Waals surface area contributed by atoms with Crippen LogP contribution in [0.4, 0.5) is 0 Å². The average molecular weight is 305 g/mol. The predicted octanol–water partition coefficient (Wildman–Crippen LogP) is 2.18. The van der Waals surface area contributed by atoms with Gasteiger partial charge in [0.25, 0.3) is 0 Å². The number of benzene rings is 1. The van der Waals surface area contributed by atoms with Gasteiger partial charge in [0.15, 0.2) is 5.65 Å². The fraction of sp³-hybridized carbons (Fsp3) is 0.0833. The van der Waals surface area contributed by atoms with E-state index >= 15 is 0 Å². The highest BCUT2D eigenvalue weighted by Crippen LogP contribution is 2.23. The Kier molecular flexibility index (Phi) is 2.52. The first kappa shape index (κ1) is 11.2. The molecule has 0 saturated heterocycles. The third-order valence-corrected chi connectivity index (χ3v) is 3.41. The van der Waals surface area contributed by atoms with Crippen molar-refractivity contribution >= 4 is 27.0 Å². The second kappa shape index (κ2) is 4.06. The summed E-state index contributed by atoms with van der Waals surface area (Å²) < 4.78 is 2.59. The zero-order chi connectivity index (χ0) is 12.7. The number of fused-ring (bicyclic) bond motifs is 1. The van der Waals surface area contributed by atoms with Gasteiger partial charge >= 0.3 is 0 Å². The lowest BCUT2D eigenvalue weighted by Crippen LogP contribution is -2.05. The molecule has 2 aromatic heterocycles. The molecule has 0 unspecified atom stereocenters. The molecule has 2 heterocycles. The Labute approximate surface area is 111 Å². The minimum absolute atomic E-state index is 0.125. The summed E-state index contributed by atoms with van der Waals surface area (Å²) in [6.45, 7) is 1.81. The van der Waals surface area contributed by atoms with Gasteiger partial charge in [0.1, 0.15) is 0 Å². The molecule has 0 spiro atoms. The average Bonchev–Trinajstić information content (AvgIpc) is 2.69. The van der Waals surface area contributed by atoms with Gasteiger partial charge in [-0.05, 0) is 35.0 Å². The van der Waals surface area contributed by atoms with Crippen molar-refractivity contribution in [1.29, 1.82) is 0 Å². The number of hydrogen-bond acceptors (Lipinski definition) is 3. The molecule has 0 saturated carbocycles. The molecule has 1 aromatic carbocycles. The maximum absolute atomic E-state index is 11.8. The van der Waals surface area contributed by atoms with E-state index in [1.807, 2.05) is 31.2 Å². The number of halogens is 1. The maximum Gasteiger partial charge on any atom is 0.211 e. The Morgan fingerprint density at radius 1 is 1.33 bits per heavy atom. The van der Waals surface area contributed by atoms with Gasteiger partial charge in [0.2, 0.25) is 5.43 Å². The van der Waals surface area contributed by atoms with E-state index in [2.05, 4.69) is 31.2 Å². The first-order chi connectivity index (χ1) is 8.68. The second-order valence-electron chi connectivity index (χ2n) is 3.91. The van der Waals surface area contributed by atoms with Gasteiger partial charge in [-0.3, -0.25) is 9.89 Å². The minimum atomic E-state index is -0.125. The van der Waals surface area contributed by atoms with Crippen molar-refractivity contribution in [2.45, 2.75) is 6.92 Å². The Morgan fingerprint density at radius 3 is 2.89 bits per heavy atom. The van der Waals surface area contributed by atoms with Gasteiger partial charge < -0.3 is 0 Å². The highest BCUT2D eigenvalue weighted by atomic mass is 79.9. The number of rotatable bonds is 1. The first-order valence-corrected chi connectivity index (χ1v) is 6.15. The summed E-state index contributed by atoms with van der Waals surface area (Å²) in [5.41, 5.74) is 2.02. The van der Waals surface area contributed by atoms with E-state index in [1.54, 1.807) is 4.68 Å². The van der Waals surface area contributed by atoms with Gasteiger partial charge in [-0.2, -0.15) is 10.2 Å². The number of aryl methyl sites for hydroxylation is 1. The van der Waals surface area contributed by atoms with Crippen LogP contribution in [0.15, 0.2) is 39.7 Å². The minimum Gasteiger partial charge on any atom is -0.287 e. The molecule has 5 nitrogen and oxygen atoms in total. The van der Waals surface area contributed by atoms with E-state index in [-0.39, 0.29) is 5.43 Å². The normalized spacial score (nSPS) is 11.0. The standard InChI is InChI=1S/C12H9BrN4O/c1-7-11-10(18)6-14-15-12(11)17(16-7)9-5-3-2-4-8(9)13/h2-6H,1H3,(H,15,18). The van der Waals surface area contributed by atoms with Crippen molar-refractivity contribution in [3.05, 3.63) is 50.9 Å². The van der Waals surface area contributed by atoms with E-state index in [4.69, 9.17) is 0 Å². The Bertz CT molecular complexity index is 790. The highest BCUT2D eigenvalue weighted by molar-refractivity contribution is 9.10. The summed E-state index contributed by atoms with van der Waals surface area (Å²) in [7, 11) is 0. The van der Waals surface area contributed by atoms with Crippen LogP contribution in [0.5, 0.6) is 0 Å². The summed E-state index contributed by atoms with van der Waals surface area (Å²) in [6, 6.07) is 7.68. The Hall–Kier alpha value is -1.95. The first-order valence-electron chi connectivity index (χ1n) is 5.36. The van der Waals surface area contributed by atoms with Crippen LogP contribution in [0.2, 0.25) is 0 Å². The van der Waals surface area contributed by atoms with Crippen molar-refractivity contribution in [2.75, 3.05) is 0 Å². The van der Waals surface area contributed by atoms with Crippen molar-refractivity contribution < 1.29 is 0 Å². The third kappa shape index (κ3) is 1.57. The Morgan fingerprint density at radius 2 is 2.11 bits per heavy atom. The van der Waals surface area contributed by atoms with Gasteiger partial charge in [-0.15, -0.1) is 0 Å². The zero-order valence-corrected chi connectivity index (χ0v) is 11.1. The molecule has 0 aliphatic rings. The van der Waals surface area contributed by atoms with Crippen LogP contribution in [0.25, 0.3) is 16.7 Å². The van der Waals surface area contributed by atoms with Crippen LogP contribution in [0, 0.1) is 6.92 Å². The topological polar surface area (TPSA) is 63.6 Å². The number of aromatic nitrogens is 4. The van der Waals surface area contributed by atoms with Crippen LogP contribution in [-0.2, 0) is 0 Å². The lowest BCUT2D eigenvalue weighted by atomic mass is 10.3. The summed E-state index contributed by atoms with van der Waals surface area (Å²) in [6.07, 6.45) is 1.27. The molecule has 0 amide bonds. The van der Waals surface area contributed by atoms with Gasteiger partial charge in [0.05, 0.1) is 23.0 Å². The van der Waals surface area contributed by atoms with Crippen LogP contribution in [0.1, 0.15) is 5.69 Å². The number of hydrogen-bond donors (Lipinski definition) is 1. The number of H-pyrrole nitrogens is 1. The number of aromatic amines is 1. The lowest BCUT2D eigenvalue weighted by Gasteiger charge is -2.04. The van der Waals surface area contributed by atoms with Crippen molar-refractivity contribution in [2.24, 2.45) is 0 Å². The van der Waals surface area contributed by atoms with Gasteiger partial charge in [0, 0.05) is 4.47 Å². The monoisotopic (exact) mass is 304 g/mol. The molecule has 0 atom stereocenters. The number of nitrogens with zero attached hydrogens (tertiary/aromatic N) is 3. The molecule has 90 valence electrons. The van der Waals surface area contributed by atoms with Crippen LogP contribution >= 0.6 is 15.9 Å². The summed E-state index contributed by atoms with van der Waals surface area (Å²) >= 11 is 3.47. The zero-order valence-electron chi connectivity index (χ0n) is 9.51. The van der Waals surface area contributed by atoms with Crippen LogP contribution in [-0.4, -0.2) is 20.0 Å². The summed E-state index contributed by atoms with van der Waals surface area (Å²) in [4.78, 5) is 11.8. The molecule has 0 aliphatic heterocycles. The summed E-state index contributed by atoms with van der Waals surface area (Å²) in [5.74, 6) is 0. The molecule has 0 fully saturated rings. The van der Waals surface area contributed by atoms with Gasteiger partial charge in [-0.1, -0.05) is 12.1 Å². The van der Waals surface area contributed by atoms with E-state index < -0.39 is 0 Å². The number of para-hydroxylation sites is 1. The largest absolute Gasteiger partial charge is 0.287 e. The molecule has 0 radical (unpaired) electrons. The molecule has 0 aliphatic carbocycles. The maximum atomic E-state index is 11.8. The lowest BCUT2D eigenvalue weighted by molar-refractivity contribution is 0.860. The fourth-order valence-corrected chi connectivity index (χ4v) is 2.39. The number of nitrogens with one attached hydrogen (secondary N) is 1.